The van der Waals surface area contributed by atoms with Crippen LogP contribution in [-0.4, -0.2) is 42.2 Å². The van der Waals surface area contributed by atoms with Crippen LogP contribution in [0.2, 0.25) is 0 Å². The number of hydrazone groups is 1. The molecule has 1 aliphatic rings. The number of hydrogen-bond donors (Lipinski definition) is 4. The van der Waals surface area contributed by atoms with Gasteiger partial charge in [0, 0.05) is 0 Å². The molecule has 2 aromatic carbocycles. The Kier molecular flexibility index (Phi) is 5.85. The van der Waals surface area contributed by atoms with Crippen LogP contribution in [0.25, 0.3) is 0 Å². The molecule has 0 bridgehead atoms. The van der Waals surface area contributed by atoms with Crippen molar-refractivity contribution >= 4 is 29.7 Å². The van der Waals surface area contributed by atoms with Gasteiger partial charge in [0.2, 0.25) is 11.9 Å². The number of rotatable bonds is 6. The highest BCUT2D eigenvalue weighted by Crippen LogP contribution is 2.23. The first-order valence-corrected chi connectivity index (χ1v) is 8.45. The van der Waals surface area contributed by atoms with E-state index in [0.717, 1.165) is 5.56 Å². The van der Waals surface area contributed by atoms with Crippen LogP contribution in [0.4, 0.5) is 5.69 Å². The fourth-order valence-electron chi connectivity index (χ4n) is 2.49. The average Bonchev–Trinajstić information content (AvgIpc) is 3.03. The Labute approximate surface area is 161 Å². The molecule has 0 aliphatic carbocycles. The number of anilines is 1. The van der Waals surface area contributed by atoms with E-state index < -0.39 is 11.9 Å². The highest BCUT2D eigenvalue weighted by Gasteiger charge is 2.28. The number of phenolic OH excluding ortho intramolecular Hbond substituents is 1. The lowest BCUT2D eigenvalue weighted by Gasteiger charge is -2.10. The zero-order chi connectivity index (χ0) is 19.9. The van der Waals surface area contributed by atoms with E-state index in [2.05, 4.69) is 26.2 Å². The number of amides is 2. The molecule has 2 amide bonds. The number of nitrogens with one attached hydrogen (secondary N) is 3. The van der Waals surface area contributed by atoms with Gasteiger partial charge in [-0.25, -0.2) is 10.4 Å². The number of benzene rings is 2. The molecular weight excluding hydrogens is 362 g/mol. The topological polar surface area (TPSA) is 124 Å². The first kappa shape index (κ1) is 18.9. The summed E-state index contributed by atoms with van der Waals surface area (Å²) in [4.78, 5) is 28.4. The molecule has 1 atom stereocenters. The minimum atomic E-state index is -0.846. The molecule has 0 spiro atoms. The number of hydrogen-bond acceptors (Lipinski definition) is 7. The summed E-state index contributed by atoms with van der Waals surface area (Å²) in [7, 11) is 1.51. The maximum Gasteiger partial charge on any atom is 0.252 e. The molecule has 0 unspecified atom stereocenters. The molecule has 0 saturated heterocycles. The van der Waals surface area contributed by atoms with Crippen molar-refractivity contribution < 1.29 is 19.4 Å². The minimum absolute atomic E-state index is 0.114. The monoisotopic (exact) mass is 381 g/mol. The maximum absolute atomic E-state index is 12.2. The summed E-state index contributed by atoms with van der Waals surface area (Å²) in [6.45, 7) is 0. The van der Waals surface area contributed by atoms with Gasteiger partial charge >= 0.3 is 0 Å². The van der Waals surface area contributed by atoms with E-state index in [-0.39, 0.29) is 24.0 Å². The summed E-state index contributed by atoms with van der Waals surface area (Å²) >= 11 is 0. The number of aromatic hydroxyl groups is 1. The first-order valence-electron chi connectivity index (χ1n) is 8.45. The van der Waals surface area contributed by atoms with Gasteiger partial charge in [0.05, 0.1) is 25.4 Å². The van der Waals surface area contributed by atoms with E-state index in [1.807, 2.05) is 0 Å². The largest absolute Gasteiger partial charge is 0.508 e. The SMILES string of the molecule is COc1ccccc1NC(=O)C[C@H]1N=C(N/N=C\c2ccc(O)cc2)NC1=O. The first-order chi connectivity index (χ1) is 13.5. The van der Waals surface area contributed by atoms with Gasteiger partial charge in [0.1, 0.15) is 17.5 Å². The molecule has 9 nitrogen and oxygen atoms in total. The normalized spacial score (nSPS) is 15.8. The molecule has 28 heavy (non-hydrogen) atoms. The van der Waals surface area contributed by atoms with Gasteiger partial charge < -0.3 is 15.2 Å². The summed E-state index contributed by atoms with van der Waals surface area (Å²) in [6, 6.07) is 12.6. The Bertz CT molecular complexity index is 924. The molecule has 1 heterocycles. The number of carbonyl (C=O) groups is 2. The van der Waals surface area contributed by atoms with Gasteiger partial charge in [-0.05, 0) is 42.0 Å². The van der Waals surface area contributed by atoms with Crippen molar-refractivity contribution in [3.05, 3.63) is 54.1 Å². The third-order valence-electron chi connectivity index (χ3n) is 3.87. The molecule has 1 aliphatic heterocycles. The van der Waals surface area contributed by atoms with E-state index in [9.17, 15) is 14.7 Å². The smallest absolute Gasteiger partial charge is 0.252 e. The Morgan fingerprint density at radius 3 is 2.79 bits per heavy atom. The predicted octanol–water partition coefficient (Wildman–Crippen LogP) is 1.21. The molecule has 2 aromatic rings. The summed E-state index contributed by atoms with van der Waals surface area (Å²) in [5.41, 5.74) is 3.89. The van der Waals surface area contributed by atoms with Crippen molar-refractivity contribution in [1.82, 2.24) is 10.7 Å². The summed E-state index contributed by atoms with van der Waals surface area (Å²) < 4.78 is 5.18. The lowest BCUT2D eigenvalue weighted by atomic mass is 10.2. The molecule has 0 aromatic heterocycles. The number of para-hydroxylation sites is 2. The zero-order valence-electron chi connectivity index (χ0n) is 15.0. The molecular formula is C19H19N5O4. The van der Waals surface area contributed by atoms with Crippen LogP contribution in [0.3, 0.4) is 0 Å². The van der Waals surface area contributed by atoms with Crippen molar-refractivity contribution in [2.24, 2.45) is 10.1 Å². The highest BCUT2D eigenvalue weighted by molar-refractivity contribution is 6.07. The fourth-order valence-corrected chi connectivity index (χ4v) is 2.49. The molecule has 0 radical (unpaired) electrons. The second-order valence-electron chi connectivity index (χ2n) is 5.90. The van der Waals surface area contributed by atoms with Crippen LogP contribution in [0, 0.1) is 0 Å². The second-order valence-corrected chi connectivity index (χ2v) is 5.90. The van der Waals surface area contributed by atoms with Gasteiger partial charge in [0.15, 0.2) is 0 Å². The van der Waals surface area contributed by atoms with Gasteiger partial charge in [-0.2, -0.15) is 5.10 Å². The van der Waals surface area contributed by atoms with Gasteiger partial charge in [-0.3, -0.25) is 14.9 Å². The number of methoxy groups -OCH3 is 1. The number of carbonyl (C=O) groups excluding carboxylic acids is 2. The van der Waals surface area contributed by atoms with Crippen molar-refractivity contribution in [2.75, 3.05) is 12.4 Å². The third-order valence-corrected chi connectivity index (χ3v) is 3.87. The Morgan fingerprint density at radius 2 is 2.04 bits per heavy atom. The molecule has 3 rings (SSSR count). The molecule has 4 N–H and O–H groups in total. The number of aliphatic imine (C=N–C) groups is 1. The van der Waals surface area contributed by atoms with Gasteiger partial charge in [0.25, 0.3) is 5.91 Å². The van der Waals surface area contributed by atoms with Crippen molar-refractivity contribution in [3.63, 3.8) is 0 Å². The number of guanidine groups is 1. The van der Waals surface area contributed by atoms with E-state index in [0.29, 0.717) is 11.4 Å². The number of ether oxygens (including phenoxy) is 1. The van der Waals surface area contributed by atoms with Crippen LogP contribution in [0.1, 0.15) is 12.0 Å². The molecule has 9 heteroatoms. The number of phenols is 1. The lowest BCUT2D eigenvalue weighted by Crippen LogP contribution is -2.35. The van der Waals surface area contributed by atoms with Crippen LogP contribution in [0.15, 0.2) is 58.6 Å². The van der Waals surface area contributed by atoms with Crippen molar-refractivity contribution in [2.45, 2.75) is 12.5 Å². The molecule has 0 saturated carbocycles. The molecule has 144 valence electrons. The van der Waals surface area contributed by atoms with Crippen molar-refractivity contribution in [3.8, 4) is 11.5 Å². The average molecular weight is 381 g/mol. The fraction of sp³-hybridized carbons (Fsp3) is 0.158. The van der Waals surface area contributed by atoms with Crippen LogP contribution in [-0.2, 0) is 9.59 Å². The van der Waals surface area contributed by atoms with Gasteiger partial charge in [-0.15, -0.1) is 0 Å². The number of nitrogens with zero attached hydrogens (tertiary/aromatic N) is 2. The van der Waals surface area contributed by atoms with Crippen LogP contribution >= 0.6 is 0 Å². The van der Waals surface area contributed by atoms with Gasteiger partial charge in [-0.1, -0.05) is 12.1 Å². The standard InChI is InChI=1S/C19H19N5O4/c1-28-16-5-3-2-4-14(16)21-17(26)10-15-18(27)23-19(22-15)24-20-11-12-6-8-13(25)9-7-12/h2-9,11,15,25H,10H2,1H3,(H,21,26)(H2,22,23,24,27)/b20-11-/t15-/m1/s1. The second kappa shape index (κ2) is 8.67. The maximum atomic E-state index is 12.2. The quantitative estimate of drug-likeness (QED) is 0.442. The van der Waals surface area contributed by atoms with Crippen LogP contribution in [0.5, 0.6) is 11.5 Å². The van der Waals surface area contributed by atoms with E-state index in [4.69, 9.17) is 4.74 Å². The summed E-state index contributed by atoms with van der Waals surface area (Å²) in [6.07, 6.45) is 1.40. The van der Waals surface area contributed by atoms with Crippen molar-refractivity contribution in [1.29, 1.82) is 0 Å². The Morgan fingerprint density at radius 1 is 1.29 bits per heavy atom. The Balaban J connectivity index is 1.55. The highest BCUT2D eigenvalue weighted by atomic mass is 16.5. The van der Waals surface area contributed by atoms with E-state index >= 15 is 0 Å². The molecule has 0 fully saturated rings. The van der Waals surface area contributed by atoms with E-state index in [1.165, 1.54) is 25.5 Å². The van der Waals surface area contributed by atoms with E-state index in [1.54, 1.807) is 36.4 Å². The Hall–Kier alpha value is -3.88. The predicted molar refractivity (Wildman–Crippen MR) is 104 cm³/mol. The summed E-state index contributed by atoms with van der Waals surface area (Å²) in [5, 5.41) is 18.5. The van der Waals surface area contributed by atoms with Crippen LogP contribution < -0.4 is 20.8 Å². The minimum Gasteiger partial charge on any atom is -0.508 e. The summed E-state index contributed by atoms with van der Waals surface area (Å²) in [5.74, 6) is 0.0998. The third kappa shape index (κ3) is 4.85. The lowest BCUT2D eigenvalue weighted by molar-refractivity contribution is -0.123. The zero-order valence-corrected chi connectivity index (χ0v) is 15.0.